The molecule has 0 fully saturated rings. The first kappa shape index (κ1) is 17.1. The van der Waals surface area contributed by atoms with Gasteiger partial charge in [0.25, 0.3) is 0 Å². The summed E-state index contributed by atoms with van der Waals surface area (Å²) < 4.78 is 18.7. The van der Waals surface area contributed by atoms with E-state index in [9.17, 15) is 4.39 Å². The van der Waals surface area contributed by atoms with Gasteiger partial charge in [-0.15, -0.1) is 0 Å². The van der Waals surface area contributed by atoms with Crippen LogP contribution in [0.1, 0.15) is 32.8 Å². The van der Waals surface area contributed by atoms with E-state index < -0.39 is 5.83 Å². The quantitative estimate of drug-likeness (QED) is 0.368. The number of pyridine rings is 1. The fraction of sp³-hybridized carbons (Fsp3) is 0.357. The highest BCUT2D eigenvalue weighted by Crippen LogP contribution is 2.21. The molecule has 0 saturated carbocycles. The summed E-state index contributed by atoms with van der Waals surface area (Å²) >= 11 is 0. The van der Waals surface area contributed by atoms with Crippen LogP contribution in [0.25, 0.3) is 0 Å². The second-order valence-electron chi connectivity index (χ2n) is 3.41. The highest BCUT2D eigenvalue weighted by molar-refractivity contribution is 5.49. The van der Waals surface area contributed by atoms with Crippen molar-refractivity contribution in [3.8, 4) is 5.88 Å². The van der Waals surface area contributed by atoms with Crippen LogP contribution in [0.2, 0.25) is 0 Å². The molecule has 5 heteroatoms. The lowest BCUT2D eigenvalue weighted by Gasteiger charge is -2.10. The van der Waals surface area contributed by atoms with Gasteiger partial charge in [0.15, 0.2) is 5.83 Å². The summed E-state index contributed by atoms with van der Waals surface area (Å²) in [5.41, 5.74) is 4.07. The Hall–Kier alpha value is -1.88. The van der Waals surface area contributed by atoms with Gasteiger partial charge >= 0.3 is 0 Å². The number of nitrogen functional groups attached to an aromatic ring is 1. The second kappa shape index (κ2) is 9.10. The standard InChI is InChI=1S/C12H16FN3O.C2H6/c1-4-9(13)11(5-2)17-12-6-8(3)10(16-14)7-15-12;1-2/h4,6-7,16H,1,5,14H2,2-3H3;1-2H3/b11-9-;. The van der Waals surface area contributed by atoms with E-state index in [0.717, 1.165) is 11.6 Å². The van der Waals surface area contributed by atoms with Gasteiger partial charge in [-0.3, -0.25) is 5.84 Å². The summed E-state index contributed by atoms with van der Waals surface area (Å²) in [4.78, 5) is 4.01. The molecule has 0 amide bonds. The number of hydrogen-bond donors (Lipinski definition) is 2. The Balaban J connectivity index is 0.00000154. The molecule has 0 aromatic carbocycles. The lowest BCUT2D eigenvalue weighted by molar-refractivity contribution is 0.371. The average Bonchev–Trinajstić information content (AvgIpc) is 2.46. The molecule has 0 aliphatic carbocycles. The van der Waals surface area contributed by atoms with Crippen LogP contribution in [0.5, 0.6) is 5.88 Å². The van der Waals surface area contributed by atoms with Crippen LogP contribution in [0.15, 0.2) is 36.5 Å². The normalized spacial score (nSPS) is 10.8. The Bertz CT molecular complexity index is 444. The number of ether oxygens (including phenoxy) is 1. The number of allylic oxidation sites excluding steroid dienone is 3. The fourth-order valence-electron chi connectivity index (χ4n) is 1.27. The zero-order chi connectivity index (χ0) is 14.8. The van der Waals surface area contributed by atoms with Gasteiger partial charge < -0.3 is 10.2 Å². The number of aromatic nitrogens is 1. The third kappa shape index (κ3) is 5.09. The molecule has 1 rings (SSSR count). The number of nitrogens with one attached hydrogen (secondary N) is 1. The lowest BCUT2D eigenvalue weighted by Crippen LogP contribution is -2.09. The third-order valence-corrected chi connectivity index (χ3v) is 2.24. The van der Waals surface area contributed by atoms with E-state index in [2.05, 4.69) is 17.0 Å². The third-order valence-electron chi connectivity index (χ3n) is 2.24. The molecule has 1 heterocycles. The van der Waals surface area contributed by atoms with E-state index in [-0.39, 0.29) is 5.76 Å². The topological polar surface area (TPSA) is 60.2 Å². The van der Waals surface area contributed by atoms with Crippen molar-refractivity contribution in [3.63, 3.8) is 0 Å². The predicted octanol–water partition coefficient (Wildman–Crippen LogP) is 3.86. The minimum atomic E-state index is -0.479. The minimum Gasteiger partial charge on any atom is -0.440 e. The molecule has 3 N–H and O–H groups in total. The zero-order valence-electron chi connectivity index (χ0n) is 12.0. The van der Waals surface area contributed by atoms with Crippen LogP contribution >= 0.6 is 0 Å². The maximum absolute atomic E-state index is 13.3. The minimum absolute atomic E-state index is 0.209. The smallest absolute Gasteiger partial charge is 0.219 e. The molecule has 1 aromatic rings. The first-order chi connectivity index (χ1) is 9.12. The number of rotatable bonds is 5. The van der Waals surface area contributed by atoms with Crippen LogP contribution in [-0.2, 0) is 0 Å². The highest BCUT2D eigenvalue weighted by Gasteiger charge is 2.07. The molecule has 0 spiro atoms. The molecular weight excluding hydrogens is 245 g/mol. The molecule has 0 bridgehead atoms. The van der Waals surface area contributed by atoms with Gasteiger partial charge in [-0.2, -0.15) is 0 Å². The van der Waals surface area contributed by atoms with Gasteiger partial charge in [-0.05, 0) is 18.6 Å². The average molecular weight is 267 g/mol. The monoisotopic (exact) mass is 267 g/mol. The van der Waals surface area contributed by atoms with Crippen molar-refractivity contribution >= 4 is 5.69 Å². The molecule has 0 saturated heterocycles. The molecule has 0 aliphatic rings. The first-order valence-electron chi connectivity index (χ1n) is 6.24. The van der Waals surface area contributed by atoms with Crippen LogP contribution in [0, 0.1) is 6.92 Å². The fourth-order valence-corrected chi connectivity index (χ4v) is 1.27. The predicted molar refractivity (Wildman–Crippen MR) is 77.4 cm³/mol. The summed E-state index contributed by atoms with van der Waals surface area (Å²) in [6, 6.07) is 1.68. The van der Waals surface area contributed by atoms with Gasteiger partial charge in [0.05, 0.1) is 11.9 Å². The van der Waals surface area contributed by atoms with Crippen LogP contribution < -0.4 is 16.0 Å². The summed E-state index contributed by atoms with van der Waals surface area (Å²) in [6.07, 6.45) is 3.07. The number of halogens is 1. The van der Waals surface area contributed by atoms with Gasteiger partial charge in [-0.25, -0.2) is 9.37 Å². The molecule has 106 valence electrons. The van der Waals surface area contributed by atoms with Crippen molar-refractivity contribution in [2.45, 2.75) is 34.1 Å². The second-order valence-corrected chi connectivity index (χ2v) is 3.41. The maximum atomic E-state index is 13.3. The number of anilines is 1. The number of nitrogens with two attached hydrogens (primary N) is 1. The summed E-state index contributed by atoms with van der Waals surface area (Å²) in [5.74, 6) is 5.34. The number of nitrogens with zero attached hydrogens (tertiary/aromatic N) is 1. The summed E-state index contributed by atoms with van der Waals surface area (Å²) in [6.45, 7) is 11.0. The Morgan fingerprint density at radius 1 is 1.58 bits per heavy atom. The van der Waals surface area contributed by atoms with Crippen LogP contribution in [0.4, 0.5) is 10.1 Å². The molecule has 0 atom stereocenters. The Morgan fingerprint density at radius 2 is 2.21 bits per heavy atom. The molecule has 19 heavy (non-hydrogen) atoms. The summed E-state index contributed by atoms with van der Waals surface area (Å²) in [5, 5.41) is 0. The van der Waals surface area contributed by atoms with E-state index in [1.807, 2.05) is 20.8 Å². The van der Waals surface area contributed by atoms with Crippen LogP contribution in [0.3, 0.4) is 0 Å². The van der Waals surface area contributed by atoms with E-state index >= 15 is 0 Å². The van der Waals surface area contributed by atoms with Crippen molar-refractivity contribution in [1.82, 2.24) is 4.98 Å². The van der Waals surface area contributed by atoms with Crippen molar-refractivity contribution in [3.05, 3.63) is 42.1 Å². The lowest BCUT2D eigenvalue weighted by atomic mass is 10.2. The zero-order valence-corrected chi connectivity index (χ0v) is 12.0. The maximum Gasteiger partial charge on any atom is 0.219 e. The Labute approximate surface area is 114 Å². The molecular formula is C14H22FN3O. The van der Waals surface area contributed by atoms with Crippen molar-refractivity contribution in [2.75, 3.05) is 5.43 Å². The van der Waals surface area contributed by atoms with Crippen molar-refractivity contribution in [1.29, 1.82) is 0 Å². The summed E-state index contributed by atoms with van der Waals surface area (Å²) in [7, 11) is 0. The van der Waals surface area contributed by atoms with E-state index in [1.54, 1.807) is 13.0 Å². The van der Waals surface area contributed by atoms with Crippen molar-refractivity contribution < 1.29 is 9.13 Å². The first-order valence-corrected chi connectivity index (χ1v) is 6.24. The molecule has 0 radical (unpaired) electrons. The molecule has 0 unspecified atom stereocenters. The molecule has 1 aromatic heterocycles. The van der Waals surface area contributed by atoms with Gasteiger partial charge in [0.1, 0.15) is 5.76 Å². The van der Waals surface area contributed by atoms with Crippen LogP contribution in [-0.4, -0.2) is 4.98 Å². The molecule has 4 nitrogen and oxygen atoms in total. The van der Waals surface area contributed by atoms with Crippen molar-refractivity contribution in [2.24, 2.45) is 5.84 Å². The number of hydrazine groups is 1. The highest BCUT2D eigenvalue weighted by atomic mass is 19.1. The van der Waals surface area contributed by atoms with E-state index in [1.165, 1.54) is 6.20 Å². The van der Waals surface area contributed by atoms with Gasteiger partial charge in [-0.1, -0.05) is 27.4 Å². The SMILES string of the molecule is C=C/C(F)=C(\CC)Oc1cc(C)c(NN)cn1.CC. The number of hydrogen-bond acceptors (Lipinski definition) is 4. The largest absolute Gasteiger partial charge is 0.440 e. The van der Waals surface area contributed by atoms with E-state index in [4.69, 9.17) is 10.6 Å². The number of aryl methyl sites for hydroxylation is 1. The Kier molecular flexibility index (Phi) is 8.20. The molecule has 0 aliphatic heterocycles. The van der Waals surface area contributed by atoms with E-state index in [0.29, 0.717) is 18.0 Å². The van der Waals surface area contributed by atoms with Gasteiger partial charge in [0, 0.05) is 12.5 Å². The Morgan fingerprint density at radius 3 is 2.63 bits per heavy atom. The van der Waals surface area contributed by atoms with Gasteiger partial charge in [0.2, 0.25) is 5.88 Å².